The van der Waals surface area contributed by atoms with E-state index in [0.717, 1.165) is 6.07 Å². The molecule has 1 aromatic rings. The molecule has 0 spiro atoms. The molecular formula is C10H12F3NO. The predicted molar refractivity (Wildman–Crippen MR) is 49.7 cm³/mol. The maximum Gasteiger partial charge on any atom is 0.161 e. The van der Waals surface area contributed by atoms with Crippen LogP contribution in [-0.2, 0) is 6.42 Å². The van der Waals surface area contributed by atoms with Gasteiger partial charge in [0, 0.05) is 12.1 Å². The molecule has 1 rings (SSSR count). The number of hydrogen-bond acceptors (Lipinski definition) is 2. The summed E-state index contributed by atoms with van der Waals surface area (Å²) in [6, 6.07) is 0.849. The average molecular weight is 219 g/mol. The monoisotopic (exact) mass is 219 g/mol. The first-order valence-corrected chi connectivity index (χ1v) is 4.54. The largest absolute Gasteiger partial charge is 0.395 e. The van der Waals surface area contributed by atoms with Gasteiger partial charge in [-0.25, -0.2) is 13.2 Å². The summed E-state index contributed by atoms with van der Waals surface area (Å²) in [6.45, 7) is -0.217. The molecule has 0 saturated carbocycles. The van der Waals surface area contributed by atoms with E-state index in [4.69, 9.17) is 10.8 Å². The molecule has 0 fully saturated rings. The molecule has 1 unspecified atom stereocenters. The highest BCUT2D eigenvalue weighted by Gasteiger charge is 2.10. The number of aliphatic hydroxyl groups is 1. The third-order valence-corrected chi connectivity index (χ3v) is 2.11. The molecule has 5 heteroatoms. The van der Waals surface area contributed by atoms with Crippen LogP contribution in [0.2, 0.25) is 0 Å². The zero-order chi connectivity index (χ0) is 11.4. The third-order valence-electron chi connectivity index (χ3n) is 2.11. The Balaban J connectivity index is 2.73. The summed E-state index contributed by atoms with van der Waals surface area (Å²) in [6.07, 6.45) is 0.489. The summed E-state index contributed by atoms with van der Waals surface area (Å²) in [4.78, 5) is 0. The Morgan fingerprint density at radius 3 is 2.33 bits per heavy atom. The van der Waals surface area contributed by atoms with Crippen LogP contribution < -0.4 is 5.73 Å². The highest BCUT2D eigenvalue weighted by molar-refractivity contribution is 5.20. The molecule has 0 radical (unpaired) electrons. The van der Waals surface area contributed by atoms with Crippen molar-refractivity contribution in [2.24, 2.45) is 5.73 Å². The number of nitrogens with two attached hydrogens (primary N) is 1. The van der Waals surface area contributed by atoms with Gasteiger partial charge in [-0.05, 0) is 24.5 Å². The lowest BCUT2D eigenvalue weighted by atomic mass is 10.1. The molecule has 0 amide bonds. The minimum Gasteiger partial charge on any atom is -0.395 e. The summed E-state index contributed by atoms with van der Waals surface area (Å²) < 4.78 is 38.4. The van der Waals surface area contributed by atoms with E-state index in [1.54, 1.807) is 0 Å². The van der Waals surface area contributed by atoms with Crippen LogP contribution in [0.3, 0.4) is 0 Å². The van der Waals surface area contributed by atoms with E-state index in [2.05, 4.69) is 0 Å². The Morgan fingerprint density at radius 2 is 1.73 bits per heavy atom. The van der Waals surface area contributed by atoms with Crippen molar-refractivity contribution < 1.29 is 18.3 Å². The minimum atomic E-state index is -1.21. The van der Waals surface area contributed by atoms with E-state index in [1.807, 2.05) is 0 Å². The minimum absolute atomic E-state index is 0.0674. The molecule has 0 aliphatic carbocycles. The lowest BCUT2D eigenvalue weighted by Gasteiger charge is -2.08. The second kappa shape index (κ2) is 5.14. The molecular weight excluding hydrogens is 207 g/mol. The van der Waals surface area contributed by atoms with Gasteiger partial charge in [-0.2, -0.15) is 0 Å². The van der Waals surface area contributed by atoms with E-state index in [1.165, 1.54) is 0 Å². The molecule has 15 heavy (non-hydrogen) atoms. The molecule has 0 heterocycles. The molecule has 0 aromatic heterocycles. The van der Waals surface area contributed by atoms with E-state index in [-0.39, 0.29) is 18.6 Å². The van der Waals surface area contributed by atoms with Crippen molar-refractivity contribution in [3.8, 4) is 0 Å². The Morgan fingerprint density at radius 1 is 1.13 bits per heavy atom. The van der Waals surface area contributed by atoms with Crippen LogP contribution in [-0.4, -0.2) is 17.8 Å². The van der Waals surface area contributed by atoms with Crippen LogP contribution in [0.1, 0.15) is 12.0 Å². The van der Waals surface area contributed by atoms with Crippen LogP contribution in [0.4, 0.5) is 13.2 Å². The first-order valence-electron chi connectivity index (χ1n) is 4.54. The van der Waals surface area contributed by atoms with Gasteiger partial charge in [-0.15, -0.1) is 0 Å². The molecule has 0 saturated heterocycles. The Bertz CT molecular complexity index is 344. The van der Waals surface area contributed by atoms with Crippen LogP contribution in [0.25, 0.3) is 0 Å². The van der Waals surface area contributed by atoms with E-state index in [0.29, 0.717) is 12.5 Å². The second-order valence-corrected chi connectivity index (χ2v) is 3.34. The van der Waals surface area contributed by atoms with Gasteiger partial charge in [-0.3, -0.25) is 0 Å². The molecule has 84 valence electrons. The van der Waals surface area contributed by atoms with Gasteiger partial charge < -0.3 is 10.8 Å². The van der Waals surface area contributed by atoms with Gasteiger partial charge in [0.05, 0.1) is 6.61 Å². The molecule has 2 nitrogen and oxygen atoms in total. The molecule has 3 N–H and O–H groups in total. The van der Waals surface area contributed by atoms with Crippen LogP contribution in [0.15, 0.2) is 12.1 Å². The van der Waals surface area contributed by atoms with E-state index >= 15 is 0 Å². The molecule has 0 aliphatic heterocycles. The van der Waals surface area contributed by atoms with Gasteiger partial charge in [0.2, 0.25) is 0 Å². The van der Waals surface area contributed by atoms with Gasteiger partial charge in [0.25, 0.3) is 0 Å². The zero-order valence-corrected chi connectivity index (χ0v) is 8.01. The van der Waals surface area contributed by atoms with Gasteiger partial charge in [0.1, 0.15) is 5.82 Å². The standard InChI is InChI=1S/C10H12F3NO/c11-8-4-10(13)9(12)3-6(8)1-2-7(14)5-15/h3-4,7,15H,1-2,5,14H2. The summed E-state index contributed by atoms with van der Waals surface area (Å²) in [5.41, 5.74) is 5.47. The lowest BCUT2D eigenvalue weighted by molar-refractivity contribution is 0.260. The molecule has 1 aromatic carbocycles. The summed E-state index contributed by atoms with van der Waals surface area (Å²) >= 11 is 0. The van der Waals surface area contributed by atoms with Crippen molar-refractivity contribution in [3.63, 3.8) is 0 Å². The molecule has 1 atom stereocenters. The van der Waals surface area contributed by atoms with Crippen molar-refractivity contribution in [1.82, 2.24) is 0 Å². The maximum absolute atomic E-state index is 13.1. The number of benzene rings is 1. The second-order valence-electron chi connectivity index (χ2n) is 3.34. The summed E-state index contributed by atoms with van der Waals surface area (Å²) in [7, 11) is 0. The smallest absolute Gasteiger partial charge is 0.161 e. The van der Waals surface area contributed by atoms with Gasteiger partial charge >= 0.3 is 0 Å². The fourth-order valence-corrected chi connectivity index (χ4v) is 1.19. The van der Waals surface area contributed by atoms with Crippen molar-refractivity contribution in [2.45, 2.75) is 18.9 Å². The first-order chi connectivity index (χ1) is 7.04. The predicted octanol–water partition coefficient (Wildman–Crippen LogP) is 1.36. The summed E-state index contributed by atoms with van der Waals surface area (Å²) in [5.74, 6) is -3.08. The normalized spacial score (nSPS) is 12.9. The maximum atomic E-state index is 13.1. The zero-order valence-electron chi connectivity index (χ0n) is 8.01. The van der Waals surface area contributed by atoms with Gasteiger partial charge in [-0.1, -0.05) is 0 Å². The first kappa shape index (κ1) is 12.0. The number of hydrogen-bond donors (Lipinski definition) is 2. The van der Waals surface area contributed by atoms with Crippen molar-refractivity contribution in [1.29, 1.82) is 0 Å². The fourth-order valence-electron chi connectivity index (χ4n) is 1.19. The fraction of sp³-hybridized carbons (Fsp3) is 0.400. The number of aliphatic hydroxyl groups excluding tert-OH is 1. The van der Waals surface area contributed by atoms with E-state index in [9.17, 15) is 13.2 Å². The van der Waals surface area contributed by atoms with Crippen LogP contribution in [0, 0.1) is 17.5 Å². The highest BCUT2D eigenvalue weighted by Crippen LogP contribution is 2.15. The van der Waals surface area contributed by atoms with Crippen molar-refractivity contribution in [2.75, 3.05) is 6.61 Å². The molecule has 0 bridgehead atoms. The SMILES string of the molecule is NC(CO)CCc1cc(F)c(F)cc1F. The quantitative estimate of drug-likeness (QED) is 0.751. The van der Waals surface area contributed by atoms with Crippen molar-refractivity contribution >= 4 is 0 Å². The number of halogens is 3. The topological polar surface area (TPSA) is 46.2 Å². The average Bonchev–Trinajstić information content (AvgIpc) is 2.21. The Kier molecular flexibility index (Phi) is 4.11. The summed E-state index contributed by atoms with van der Waals surface area (Å²) in [5, 5.41) is 8.63. The van der Waals surface area contributed by atoms with Crippen LogP contribution >= 0.6 is 0 Å². The lowest BCUT2D eigenvalue weighted by Crippen LogP contribution is -2.24. The third kappa shape index (κ3) is 3.21. The van der Waals surface area contributed by atoms with Crippen molar-refractivity contribution in [3.05, 3.63) is 35.1 Å². The van der Waals surface area contributed by atoms with Crippen LogP contribution in [0.5, 0.6) is 0 Å². The Hall–Kier alpha value is -1.07. The van der Waals surface area contributed by atoms with Gasteiger partial charge in [0.15, 0.2) is 11.6 Å². The Labute approximate surface area is 85.5 Å². The highest BCUT2D eigenvalue weighted by atomic mass is 19.2. The van der Waals surface area contributed by atoms with E-state index < -0.39 is 23.5 Å². The number of rotatable bonds is 4. The number of aryl methyl sites for hydroxylation is 1. The molecule has 0 aliphatic rings.